The van der Waals surface area contributed by atoms with Gasteiger partial charge in [-0.3, -0.25) is 19.4 Å². The number of nitrogens with two attached hydrogens (primary N) is 1. The van der Waals surface area contributed by atoms with Crippen LogP contribution in [-0.4, -0.2) is 41.5 Å². The van der Waals surface area contributed by atoms with Crippen molar-refractivity contribution in [3.8, 4) is 17.2 Å². The molecular weight excluding hydrogens is 428 g/mol. The number of nitrogens with zero attached hydrogens (tertiary/aromatic N) is 6. The Morgan fingerprint density at radius 3 is 2.24 bits per heavy atom. The van der Waals surface area contributed by atoms with E-state index in [-0.39, 0.29) is 11.8 Å². The van der Waals surface area contributed by atoms with Crippen LogP contribution in [0.5, 0.6) is 0 Å². The Bertz CT molecular complexity index is 1300. The van der Waals surface area contributed by atoms with Crippen molar-refractivity contribution in [1.82, 2.24) is 29.7 Å². The number of aromatic amines is 1. The fourth-order valence-electron chi connectivity index (χ4n) is 3.86. The van der Waals surface area contributed by atoms with E-state index in [0.717, 1.165) is 28.2 Å². The number of aryl methyl sites for hydroxylation is 2. The second kappa shape index (κ2) is 9.01. The lowest BCUT2D eigenvalue weighted by Gasteiger charge is -2.33. The van der Waals surface area contributed by atoms with Gasteiger partial charge in [0.15, 0.2) is 0 Å². The van der Waals surface area contributed by atoms with Crippen LogP contribution in [0.15, 0.2) is 60.2 Å². The minimum absolute atomic E-state index is 0.0664. The number of carbonyl (C=O) groups is 1. The molecule has 4 aromatic rings. The molecule has 0 aliphatic rings. The Labute approximate surface area is 198 Å². The second-order valence-corrected chi connectivity index (χ2v) is 8.80. The van der Waals surface area contributed by atoms with Gasteiger partial charge in [0.25, 0.3) is 5.91 Å². The summed E-state index contributed by atoms with van der Waals surface area (Å²) < 4.78 is 2.00. The highest BCUT2D eigenvalue weighted by molar-refractivity contribution is 6.05. The van der Waals surface area contributed by atoms with Gasteiger partial charge in [-0.25, -0.2) is 9.97 Å². The van der Waals surface area contributed by atoms with E-state index in [9.17, 15) is 4.79 Å². The van der Waals surface area contributed by atoms with Gasteiger partial charge in [-0.1, -0.05) is 19.9 Å². The van der Waals surface area contributed by atoms with Gasteiger partial charge in [-0.2, -0.15) is 10.1 Å². The highest BCUT2D eigenvalue weighted by Crippen LogP contribution is 2.33. The van der Waals surface area contributed by atoms with Gasteiger partial charge < -0.3 is 5.73 Å². The van der Waals surface area contributed by atoms with Crippen LogP contribution >= 0.6 is 0 Å². The van der Waals surface area contributed by atoms with Gasteiger partial charge in [-0.15, -0.1) is 0 Å². The zero-order chi connectivity index (χ0) is 24.5. The quantitative estimate of drug-likeness (QED) is 0.336. The van der Waals surface area contributed by atoms with Crippen LogP contribution in [0.3, 0.4) is 0 Å². The number of carbonyl (C=O) groups excluding carboxylic acids is 1. The first-order chi connectivity index (χ1) is 16.2. The van der Waals surface area contributed by atoms with E-state index >= 15 is 0 Å². The Hall–Kier alpha value is -4.14. The van der Waals surface area contributed by atoms with Crippen molar-refractivity contribution in [2.45, 2.75) is 40.0 Å². The molecule has 0 saturated heterocycles. The molecule has 0 fully saturated rings. The number of nitrogens with one attached hydrogen (secondary N) is 1. The van der Waals surface area contributed by atoms with E-state index < -0.39 is 11.3 Å². The molecule has 0 saturated carbocycles. The van der Waals surface area contributed by atoms with Gasteiger partial charge in [-0.05, 0) is 50.5 Å². The fourth-order valence-corrected chi connectivity index (χ4v) is 3.86. The Morgan fingerprint density at radius 2 is 1.71 bits per heavy atom. The highest BCUT2D eigenvalue weighted by Gasteiger charge is 2.36. The third kappa shape index (κ3) is 4.12. The van der Waals surface area contributed by atoms with E-state index in [1.54, 1.807) is 18.6 Å². The zero-order valence-corrected chi connectivity index (χ0v) is 19.9. The standard InChI is InChI=1S/C25H28N8O/c1-15(2)25(5,23(26)32-22(34)19-12-30-31-13-19)20-8-9-21(27-14-20)18-10-28-24(29-11-18)33-16(3)6-7-17(33)4/h6-15H,1-5H3,(H,30,31)(H2,26,32,34). The van der Waals surface area contributed by atoms with Crippen LogP contribution < -0.4 is 5.73 Å². The number of aromatic nitrogens is 6. The van der Waals surface area contributed by atoms with E-state index in [1.165, 1.54) is 12.4 Å². The first-order valence-corrected chi connectivity index (χ1v) is 11.0. The van der Waals surface area contributed by atoms with Crippen LogP contribution in [0.1, 0.15) is 48.1 Å². The van der Waals surface area contributed by atoms with Crippen molar-refractivity contribution in [3.05, 3.63) is 77.8 Å². The number of H-pyrrole nitrogens is 1. The molecular formula is C25H28N8O. The molecule has 3 N–H and O–H groups in total. The topological polar surface area (TPSA) is 128 Å². The van der Waals surface area contributed by atoms with E-state index in [4.69, 9.17) is 5.73 Å². The number of aliphatic imine (C=N–C) groups is 1. The van der Waals surface area contributed by atoms with Gasteiger partial charge in [0.2, 0.25) is 5.95 Å². The van der Waals surface area contributed by atoms with Gasteiger partial charge >= 0.3 is 0 Å². The summed E-state index contributed by atoms with van der Waals surface area (Å²) in [4.78, 5) is 30.3. The summed E-state index contributed by atoms with van der Waals surface area (Å²) in [5.74, 6) is 0.484. The third-order valence-electron chi connectivity index (χ3n) is 6.42. The Kier molecular flexibility index (Phi) is 6.10. The molecule has 4 aromatic heterocycles. The zero-order valence-electron chi connectivity index (χ0n) is 19.9. The lowest BCUT2D eigenvalue weighted by atomic mass is 9.73. The SMILES string of the molecule is Cc1ccc(C)n1-c1ncc(-c2ccc(C(C)(C(N)=NC(=O)c3cn[nH]c3)C(C)C)cn2)cn1. The van der Waals surface area contributed by atoms with E-state index in [0.29, 0.717) is 11.5 Å². The third-order valence-corrected chi connectivity index (χ3v) is 6.42. The molecule has 4 rings (SSSR count). The van der Waals surface area contributed by atoms with E-state index in [2.05, 4.69) is 30.1 Å². The molecule has 0 aliphatic heterocycles. The smallest absolute Gasteiger partial charge is 0.281 e. The summed E-state index contributed by atoms with van der Waals surface area (Å²) in [6, 6.07) is 7.94. The van der Waals surface area contributed by atoms with Crippen LogP contribution in [-0.2, 0) is 5.41 Å². The molecule has 1 unspecified atom stereocenters. The monoisotopic (exact) mass is 456 g/mol. The average molecular weight is 457 g/mol. The van der Waals surface area contributed by atoms with Crippen molar-refractivity contribution in [2.75, 3.05) is 0 Å². The Morgan fingerprint density at radius 1 is 1.03 bits per heavy atom. The summed E-state index contributed by atoms with van der Waals surface area (Å²) in [6.07, 6.45) is 8.23. The van der Waals surface area contributed by atoms with Crippen LogP contribution in [0, 0.1) is 19.8 Å². The van der Waals surface area contributed by atoms with Crippen molar-refractivity contribution in [1.29, 1.82) is 0 Å². The first kappa shape index (κ1) is 23.0. The number of hydrogen-bond donors (Lipinski definition) is 2. The molecule has 4 heterocycles. The predicted molar refractivity (Wildman–Crippen MR) is 131 cm³/mol. The van der Waals surface area contributed by atoms with E-state index in [1.807, 2.05) is 63.5 Å². The molecule has 0 aromatic carbocycles. The summed E-state index contributed by atoms with van der Waals surface area (Å²) in [7, 11) is 0. The molecule has 0 aliphatic carbocycles. The fraction of sp³-hybridized carbons (Fsp3) is 0.280. The Balaban J connectivity index is 1.61. The summed E-state index contributed by atoms with van der Waals surface area (Å²) >= 11 is 0. The van der Waals surface area contributed by atoms with Crippen molar-refractivity contribution in [2.24, 2.45) is 16.6 Å². The molecule has 0 spiro atoms. The van der Waals surface area contributed by atoms with Gasteiger partial charge in [0.1, 0.15) is 5.84 Å². The van der Waals surface area contributed by atoms with Crippen LogP contribution in [0.2, 0.25) is 0 Å². The maximum Gasteiger partial charge on any atom is 0.281 e. The van der Waals surface area contributed by atoms with Crippen LogP contribution in [0.25, 0.3) is 17.2 Å². The van der Waals surface area contributed by atoms with Gasteiger partial charge in [0.05, 0.1) is 22.9 Å². The number of amidine groups is 1. The second-order valence-electron chi connectivity index (χ2n) is 8.80. The molecule has 0 bridgehead atoms. The predicted octanol–water partition coefficient (Wildman–Crippen LogP) is 3.78. The lowest BCUT2D eigenvalue weighted by Crippen LogP contribution is -2.43. The minimum Gasteiger partial charge on any atom is -0.386 e. The maximum absolute atomic E-state index is 12.5. The van der Waals surface area contributed by atoms with Crippen molar-refractivity contribution >= 4 is 11.7 Å². The summed E-state index contributed by atoms with van der Waals surface area (Å²) in [6.45, 7) is 10.1. The molecule has 0 radical (unpaired) electrons. The minimum atomic E-state index is -0.686. The number of hydrogen-bond acceptors (Lipinski definition) is 5. The largest absolute Gasteiger partial charge is 0.386 e. The summed E-state index contributed by atoms with van der Waals surface area (Å²) in [5.41, 5.74) is 10.6. The van der Waals surface area contributed by atoms with Gasteiger partial charge in [0, 0.05) is 41.7 Å². The number of amides is 1. The molecule has 1 amide bonds. The molecule has 9 nitrogen and oxygen atoms in total. The van der Waals surface area contributed by atoms with Crippen molar-refractivity contribution in [3.63, 3.8) is 0 Å². The lowest BCUT2D eigenvalue weighted by molar-refractivity contribution is 0.100. The highest BCUT2D eigenvalue weighted by atomic mass is 16.1. The maximum atomic E-state index is 12.5. The number of rotatable bonds is 6. The number of pyridine rings is 1. The average Bonchev–Trinajstić information content (AvgIpc) is 3.49. The first-order valence-electron chi connectivity index (χ1n) is 11.0. The summed E-state index contributed by atoms with van der Waals surface area (Å²) in [5, 5.41) is 6.41. The molecule has 34 heavy (non-hydrogen) atoms. The normalized spacial score (nSPS) is 13.8. The molecule has 9 heteroatoms. The molecule has 1 atom stereocenters. The molecule has 174 valence electrons. The van der Waals surface area contributed by atoms with Crippen molar-refractivity contribution < 1.29 is 4.79 Å². The van der Waals surface area contributed by atoms with Crippen LogP contribution in [0.4, 0.5) is 0 Å².